The normalized spacial score (nSPS) is 14.7. The Morgan fingerprint density at radius 1 is 1.03 bits per heavy atom. The van der Waals surface area contributed by atoms with Crippen molar-refractivity contribution in [1.82, 2.24) is 15.4 Å². The molecule has 1 aromatic heterocycles. The fourth-order valence-corrected chi connectivity index (χ4v) is 5.34. The number of rotatable bonds is 8. The number of aromatic nitrogens is 1. The molecule has 0 radical (unpaired) electrons. The summed E-state index contributed by atoms with van der Waals surface area (Å²) in [6.45, 7) is 1.98. The van der Waals surface area contributed by atoms with E-state index in [9.17, 15) is 9.59 Å². The van der Waals surface area contributed by atoms with Gasteiger partial charge in [0.15, 0.2) is 0 Å². The molecule has 8 heteroatoms. The number of carbonyl (C=O) groups excluding carboxylic acids is 1. The Morgan fingerprint density at radius 3 is 2.46 bits per heavy atom. The summed E-state index contributed by atoms with van der Waals surface area (Å²) in [7, 11) is 1.61. The van der Waals surface area contributed by atoms with E-state index in [1.165, 1.54) is 0 Å². The van der Waals surface area contributed by atoms with Gasteiger partial charge in [0.05, 0.1) is 24.4 Å². The number of nitrogens with zero attached hydrogens (tertiary/aromatic N) is 2. The Bertz CT molecular complexity index is 1570. The van der Waals surface area contributed by atoms with E-state index < -0.39 is 12.0 Å². The van der Waals surface area contributed by atoms with Crippen LogP contribution in [0, 0.1) is 6.92 Å². The second kappa shape index (κ2) is 11.3. The summed E-state index contributed by atoms with van der Waals surface area (Å²) in [6, 6.07) is 23.4. The number of aliphatic carboxylic acids is 1. The number of pyridine rings is 1. The van der Waals surface area contributed by atoms with Crippen LogP contribution in [0.15, 0.2) is 83.3 Å². The molecule has 1 unspecified atom stereocenters. The molecular formula is C31H28BrN3O4. The number of carbonyl (C=O) groups is 2. The minimum atomic E-state index is -0.917. The molecule has 5 rings (SSSR count). The Labute approximate surface area is 235 Å². The summed E-state index contributed by atoms with van der Waals surface area (Å²) in [5.41, 5.74) is 9.72. The molecule has 1 aliphatic heterocycles. The van der Waals surface area contributed by atoms with E-state index in [1.807, 2.05) is 67.6 Å². The lowest BCUT2D eigenvalue weighted by atomic mass is 9.92. The first kappa shape index (κ1) is 26.4. The number of nitrogens with one attached hydrogen (secondary N) is 1. The highest BCUT2D eigenvalue weighted by Gasteiger charge is 2.32. The summed E-state index contributed by atoms with van der Waals surface area (Å²) in [4.78, 5) is 29.4. The molecule has 0 aliphatic carbocycles. The van der Waals surface area contributed by atoms with Crippen molar-refractivity contribution in [2.75, 3.05) is 7.11 Å². The van der Waals surface area contributed by atoms with E-state index in [-0.39, 0.29) is 25.2 Å². The van der Waals surface area contributed by atoms with Crippen LogP contribution in [0.1, 0.15) is 42.1 Å². The van der Waals surface area contributed by atoms with Gasteiger partial charge in [-0.25, -0.2) is 5.01 Å². The second-order valence-electron chi connectivity index (χ2n) is 9.40. The Balaban J connectivity index is 1.64. The fourth-order valence-electron chi connectivity index (χ4n) is 4.98. The molecule has 0 bridgehead atoms. The zero-order valence-corrected chi connectivity index (χ0v) is 23.2. The van der Waals surface area contributed by atoms with Crippen molar-refractivity contribution in [3.8, 4) is 16.9 Å². The Morgan fingerprint density at radius 2 is 1.77 bits per heavy atom. The summed E-state index contributed by atoms with van der Waals surface area (Å²) >= 11 is 3.62. The van der Waals surface area contributed by atoms with Crippen molar-refractivity contribution in [2.45, 2.75) is 32.2 Å². The highest BCUT2D eigenvalue weighted by atomic mass is 79.9. The van der Waals surface area contributed by atoms with Crippen LogP contribution < -0.4 is 10.2 Å². The average molecular weight is 586 g/mol. The fraction of sp³-hybridized carbons (Fsp3) is 0.194. The number of hydrogen-bond acceptors (Lipinski definition) is 5. The van der Waals surface area contributed by atoms with Crippen molar-refractivity contribution in [3.63, 3.8) is 0 Å². The zero-order chi connectivity index (χ0) is 27.5. The Kier molecular flexibility index (Phi) is 7.65. The predicted octanol–water partition coefficient (Wildman–Crippen LogP) is 6.67. The van der Waals surface area contributed by atoms with Gasteiger partial charge < -0.3 is 9.84 Å². The number of ether oxygens (including phenoxy) is 1. The predicted molar refractivity (Wildman–Crippen MR) is 155 cm³/mol. The van der Waals surface area contributed by atoms with Gasteiger partial charge in [0.1, 0.15) is 5.75 Å². The van der Waals surface area contributed by atoms with E-state index in [0.29, 0.717) is 0 Å². The maximum atomic E-state index is 13.4. The number of aryl methyl sites for hydroxylation is 1. The number of fused-ring (bicyclic) bond motifs is 1. The molecule has 4 aromatic rings. The maximum absolute atomic E-state index is 13.4. The molecule has 1 aliphatic rings. The Hall–Kier alpha value is -4.17. The number of halogens is 1. The lowest BCUT2D eigenvalue weighted by molar-refractivity contribution is -0.137. The molecule has 0 saturated heterocycles. The first-order valence-corrected chi connectivity index (χ1v) is 13.5. The van der Waals surface area contributed by atoms with E-state index in [4.69, 9.17) is 14.8 Å². The van der Waals surface area contributed by atoms with E-state index >= 15 is 0 Å². The molecule has 1 amide bonds. The first-order valence-electron chi connectivity index (χ1n) is 12.7. The van der Waals surface area contributed by atoms with Crippen LogP contribution in [0.5, 0.6) is 5.75 Å². The number of carboxylic acid groups (broad SMARTS) is 1. The van der Waals surface area contributed by atoms with Crippen molar-refractivity contribution in [3.05, 3.63) is 100 Å². The third kappa shape index (κ3) is 5.52. The largest absolute Gasteiger partial charge is 0.497 e. The standard InChI is InChI=1S/C31H28BrN3O4/c1-19-30(31(21-7-4-3-5-8-21)24-17-22(32)13-16-25(24)33-19)26-18-27(20-11-14-23(39-2)15-12-20)35(34-26)28(36)9-6-10-29(37)38/h3-5,7-8,11-18,27,34H,6,9-10H2,1-2H3,(H,37,38). The first-order chi connectivity index (χ1) is 18.9. The summed E-state index contributed by atoms with van der Waals surface area (Å²) in [5, 5.41) is 11.7. The van der Waals surface area contributed by atoms with Crippen molar-refractivity contribution < 1.29 is 19.4 Å². The van der Waals surface area contributed by atoms with Gasteiger partial charge in [0, 0.05) is 39.5 Å². The van der Waals surface area contributed by atoms with Gasteiger partial charge in [0.2, 0.25) is 5.91 Å². The van der Waals surface area contributed by atoms with E-state index in [0.717, 1.165) is 54.8 Å². The van der Waals surface area contributed by atoms with Gasteiger partial charge in [-0.05, 0) is 60.9 Å². The van der Waals surface area contributed by atoms with Crippen LogP contribution in [0.2, 0.25) is 0 Å². The van der Waals surface area contributed by atoms with Crippen LogP contribution in [0.25, 0.3) is 27.7 Å². The molecule has 0 saturated carbocycles. The average Bonchev–Trinajstić information content (AvgIpc) is 3.38. The van der Waals surface area contributed by atoms with Gasteiger partial charge in [-0.1, -0.05) is 58.4 Å². The van der Waals surface area contributed by atoms with Gasteiger partial charge in [-0.15, -0.1) is 0 Å². The summed E-state index contributed by atoms with van der Waals surface area (Å²) < 4.78 is 6.27. The zero-order valence-electron chi connectivity index (χ0n) is 21.6. The molecule has 3 aromatic carbocycles. The molecule has 2 N–H and O–H groups in total. The number of hydrogen-bond donors (Lipinski definition) is 2. The molecule has 1 atom stereocenters. The lowest BCUT2D eigenvalue weighted by Gasteiger charge is -2.26. The van der Waals surface area contributed by atoms with Gasteiger partial charge >= 0.3 is 5.97 Å². The minimum absolute atomic E-state index is 0.0617. The van der Waals surface area contributed by atoms with Crippen LogP contribution in [0.4, 0.5) is 0 Å². The molecule has 2 heterocycles. The number of hydrazine groups is 1. The molecule has 7 nitrogen and oxygen atoms in total. The van der Waals surface area contributed by atoms with Crippen LogP contribution in [0.3, 0.4) is 0 Å². The van der Waals surface area contributed by atoms with E-state index in [2.05, 4.69) is 39.6 Å². The number of amides is 1. The topological polar surface area (TPSA) is 91.8 Å². The van der Waals surface area contributed by atoms with E-state index in [1.54, 1.807) is 12.1 Å². The lowest BCUT2D eigenvalue weighted by Crippen LogP contribution is -2.39. The minimum Gasteiger partial charge on any atom is -0.497 e. The highest BCUT2D eigenvalue weighted by molar-refractivity contribution is 9.10. The SMILES string of the molecule is COc1ccc(C2C=C(c3c(C)nc4ccc(Br)cc4c3-c3ccccc3)NN2C(=O)CCCC(=O)O)cc1. The highest BCUT2D eigenvalue weighted by Crippen LogP contribution is 2.41. The van der Waals surface area contributed by atoms with Gasteiger partial charge in [-0.3, -0.25) is 20.0 Å². The van der Waals surface area contributed by atoms with Crippen LogP contribution in [-0.2, 0) is 9.59 Å². The summed E-state index contributed by atoms with van der Waals surface area (Å²) in [6.07, 6.45) is 2.35. The maximum Gasteiger partial charge on any atom is 0.303 e. The number of carboxylic acids is 1. The third-order valence-electron chi connectivity index (χ3n) is 6.81. The van der Waals surface area contributed by atoms with Crippen molar-refractivity contribution >= 4 is 44.4 Å². The quantitative estimate of drug-likeness (QED) is 0.240. The van der Waals surface area contributed by atoms with Crippen molar-refractivity contribution in [2.24, 2.45) is 0 Å². The van der Waals surface area contributed by atoms with Crippen LogP contribution >= 0.6 is 15.9 Å². The van der Waals surface area contributed by atoms with Crippen molar-refractivity contribution in [1.29, 1.82) is 0 Å². The van der Waals surface area contributed by atoms with Gasteiger partial charge in [-0.2, -0.15) is 0 Å². The van der Waals surface area contributed by atoms with Crippen LogP contribution in [-0.4, -0.2) is 34.1 Å². The molecule has 198 valence electrons. The number of benzene rings is 3. The second-order valence-corrected chi connectivity index (χ2v) is 10.3. The molecule has 39 heavy (non-hydrogen) atoms. The number of methoxy groups -OCH3 is 1. The monoisotopic (exact) mass is 585 g/mol. The molecule has 0 spiro atoms. The molecule has 0 fully saturated rings. The summed E-state index contributed by atoms with van der Waals surface area (Å²) in [5.74, 6) is -0.377. The smallest absolute Gasteiger partial charge is 0.303 e. The van der Waals surface area contributed by atoms with Gasteiger partial charge in [0.25, 0.3) is 0 Å². The third-order valence-corrected chi connectivity index (χ3v) is 7.30. The molecular weight excluding hydrogens is 558 g/mol.